The molecule has 2 N–H and O–H groups in total. The number of nitro groups is 1. The van der Waals surface area contributed by atoms with Crippen LogP contribution in [0.1, 0.15) is 23.2 Å². The Bertz CT molecular complexity index is 512. The second-order valence-corrected chi connectivity index (χ2v) is 4.63. The first-order valence-corrected chi connectivity index (χ1v) is 6.46. The summed E-state index contributed by atoms with van der Waals surface area (Å²) in [5.41, 5.74) is 0.520. The van der Waals surface area contributed by atoms with Crippen molar-refractivity contribution >= 4 is 17.3 Å². The second kappa shape index (κ2) is 6.33. The molecule has 1 saturated heterocycles. The number of benzene rings is 1. The van der Waals surface area contributed by atoms with Crippen LogP contribution in [-0.4, -0.2) is 37.1 Å². The van der Waals surface area contributed by atoms with Gasteiger partial charge in [-0.25, -0.2) is 0 Å². The number of hydrogen-bond donors (Lipinski definition) is 2. The van der Waals surface area contributed by atoms with E-state index in [1.807, 2.05) is 0 Å². The number of anilines is 1. The molecule has 20 heavy (non-hydrogen) atoms. The molecule has 1 aliphatic rings. The topological polar surface area (TPSA) is 93.5 Å². The SMILES string of the molecule is CNc1ccc([N+](=O)[O-])c(C(=O)NC2CCCOC2)c1. The number of hydrogen-bond acceptors (Lipinski definition) is 5. The predicted molar refractivity (Wildman–Crippen MR) is 74.0 cm³/mol. The Morgan fingerprint density at radius 3 is 2.90 bits per heavy atom. The fourth-order valence-corrected chi connectivity index (χ4v) is 2.15. The number of nitro benzene ring substituents is 1. The zero-order chi connectivity index (χ0) is 14.5. The van der Waals surface area contributed by atoms with Gasteiger partial charge in [0.05, 0.1) is 17.6 Å². The first-order valence-electron chi connectivity index (χ1n) is 6.46. The van der Waals surface area contributed by atoms with Crippen LogP contribution in [0.25, 0.3) is 0 Å². The third-order valence-corrected chi connectivity index (χ3v) is 3.22. The Labute approximate surface area is 116 Å². The molecule has 7 nitrogen and oxygen atoms in total. The Hall–Kier alpha value is -2.15. The normalized spacial score (nSPS) is 18.4. The molecule has 1 aromatic rings. The molecule has 7 heteroatoms. The molecule has 0 saturated carbocycles. The van der Waals surface area contributed by atoms with Gasteiger partial charge in [-0.1, -0.05) is 0 Å². The predicted octanol–water partition coefficient (Wildman–Crippen LogP) is 1.55. The van der Waals surface area contributed by atoms with Crippen molar-refractivity contribution in [2.75, 3.05) is 25.6 Å². The van der Waals surface area contributed by atoms with Crippen molar-refractivity contribution in [2.24, 2.45) is 0 Å². The maximum absolute atomic E-state index is 12.2. The van der Waals surface area contributed by atoms with Crippen molar-refractivity contribution in [2.45, 2.75) is 18.9 Å². The van der Waals surface area contributed by atoms with Crippen LogP contribution in [0.2, 0.25) is 0 Å². The van der Waals surface area contributed by atoms with Crippen LogP contribution in [-0.2, 0) is 4.74 Å². The highest BCUT2D eigenvalue weighted by Gasteiger charge is 2.23. The van der Waals surface area contributed by atoms with Gasteiger partial charge in [-0.2, -0.15) is 0 Å². The number of nitrogens with zero attached hydrogens (tertiary/aromatic N) is 1. The van der Waals surface area contributed by atoms with Crippen LogP contribution in [0.3, 0.4) is 0 Å². The highest BCUT2D eigenvalue weighted by molar-refractivity contribution is 5.99. The molecule has 1 heterocycles. The van der Waals surface area contributed by atoms with Crippen LogP contribution in [0.15, 0.2) is 18.2 Å². The summed E-state index contributed by atoms with van der Waals surface area (Å²) in [5.74, 6) is -0.440. The first kappa shape index (κ1) is 14.3. The van der Waals surface area contributed by atoms with E-state index >= 15 is 0 Å². The van der Waals surface area contributed by atoms with Crippen molar-refractivity contribution < 1.29 is 14.5 Å². The molecule has 0 aliphatic carbocycles. The van der Waals surface area contributed by atoms with Gasteiger partial charge in [0.25, 0.3) is 11.6 Å². The number of ether oxygens (including phenoxy) is 1. The molecule has 0 radical (unpaired) electrons. The number of carbonyl (C=O) groups is 1. The molecular weight excluding hydrogens is 262 g/mol. The largest absolute Gasteiger partial charge is 0.388 e. The van der Waals surface area contributed by atoms with Crippen molar-refractivity contribution in [1.29, 1.82) is 0 Å². The summed E-state index contributed by atoms with van der Waals surface area (Å²) in [6.45, 7) is 1.15. The monoisotopic (exact) mass is 279 g/mol. The summed E-state index contributed by atoms with van der Waals surface area (Å²) in [5, 5.41) is 16.6. The van der Waals surface area contributed by atoms with Crippen molar-refractivity contribution in [3.8, 4) is 0 Å². The summed E-state index contributed by atoms with van der Waals surface area (Å²) in [6.07, 6.45) is 1.70. The second-order valence-electron chi connectivity index (χ2n) is 4.63. The third kappa shape index (κ3) is 3.24. The van der Waals surface area contributed by atoms with Crippen LogP contribution < -0.4 is 10.6 Å². The lowest BCUT2D eigenvalue weighted by atomic mass is 10.1. The maximum Gasteiger partial charge on any atom is 0.282 e. The highest BCUT2D eigenvalue weighted by atomic mass is 16.6. The van der Waals surface area contributed by atoms with E-state index in [0.717, 1.165) is 12.8 Å². The van der Waals surface area contributed by atoms with Gasteiger partial charge in [-0.15, -0.1) is 0 Å². The molecule has 1 unspecified atom stereocenters. The fourth-order valence-electron chi connectivity index (χ4n) is 2.15. The maximum atomic E-state index is 12.2. The molecule has 1 aromatic carbocycles. The highest BCUT2D eigenvalue weighted by Crippen LogP contribution is 2.23. The molecule has 108 valence electrons. The average molecular weight is 279 g/mol. The lowest BCUT2D eigenvalue weighted by molar-refractivity contribution is -0.385. The van der Waals surface area contributed by atoms with Crippen molar-refractivity contribution in [1.82, 2.24) is 5.32 Å². The zero-order valence-corrected chi connectivity index (χ0v) is 11.2. The van der Waals surface area contributed by atoms with Gasteiger partial charge < -0.3 is 15.4 Å². The molecule has 1 amide bonds. The van der Waals surface area contributed by atoms with Crippen LogP contribution in [0.5, 0.6) is 0 Å². The van der Waals surface area contributed by atoms with Gasteiger partial charge in [0.2, 0.25) is 0 Å². The fraction of sp³-hybridized carbons (Fsp3) is 0.462. The molecule has 0 aromatic heterocycles. The van der Waals surface area contributed by atoms with E-state index < -0.39 is 10.8 Å². The van der Waals surface area contributed by atoms with E-state index in [1.54, 1.807) is 13.1 Å². The molecule has 1 fully saturated rings. The Balaban J connectivity index is 2.20. The Morgan fingerprint density at radius 1 is 1.50 bits per heavy atom. The summed E-state index contributed by atoms with van der Waals surface area (Å²) in [6, 6.07) is 4.29. The van der Waals surface area contributed by atoms with E-state index in [9.17, 15) is 14.9 Å². The summed E-state index contributed by atoms with van der Waals surface area (Å²) >= 11 is 0. The molecular formula is C13H17N3O4. The first-order chi connectivity index (χ1) is 9.61. The molecule has 0 spiro atoms. The average Bonchev–Trinajstić information content (AvgIpc) is 2.47. The minimum Gasteiger partial charge on any atom is -0.388 e. The van der Waals surface area contributed by atoms with Crippen LogP contribution >= 0.6 is 0 Å². The van der Waals surface area contributed by atoms with Crippen LogP contribution in [0.4, 0.5) is 11.4 Å². The molecule has 2 rings (SSSR count). The number of rotatable bonds is 4. The van der Waals surface area contributed by atoms with E-state index in [2.05, 4.69) is 10.6 Å². The van der Waals surface area contributed by atoms with Gasteiger partial charge in [0.15, 0.2) is 0 Å². The van der Waals surface area contributed by atoms with Gasteiger partial charge in [-0.3, -0.25) is 14.9 Å². The van der Waals surface area contributed by atoms with Gasteiger partial charge in [0, 0.05) is 25.4 Å². The standard InChI is InChI=1S/C13H17N3O4/c1-14-9-4-5-12(16(18)19)11(7-9)13(17)15-10-3-2-6-20-8-10/h4-5,7,10,14H,2-3,6,8H2,1H3,(H,15,17). The summed E-state index contributed by atoms with van der Waals surface area (Å²) in [4.78, 5) is 22.7. The quantitative estimate of drug-likeness (QED) is 0.644. The van der Waals surface area contributed by atoms with Gasteiger partial charge in [0.1, 0.15) is 5.56 Å². The van der Waals surface area contributed by atoms with E-state index in [1.165, 1.54) is 12.1 Å². The summed E-state index contributed by atoms with van der Waals surface area (Å²) < 4.78 is 5.28. The minimum absolute atomic E-state index is 0.0624. The number of carbonyl (C=O) groups excluding carboxylic acids is 1. The van der Waals surface area contributed by atoms with E-state index in [-0.39, 0.29) is 17.3 Å². The van der Waals surface area contributed by atoms with Gasteiger partial charge >= 0.3 is 0 Å². The number of amides is 1. The van der Waals surface area contributed by atoms with Crippen molar-refractivity contribution in [3.05, 3.63) is 33.9 Å². The smallest absolute Gasteiger partial charge is 0.282 e. The zero-order valence-electron chi connectivity index (χ0n) is 11.2. The lowest BCUT2D eigenvalue weighted by Gasteiger charge is -2.23. The Morgan fingerprint density at radius 2 is 2.30 bits per heavy atom. The third-order valence-electron chi connectivity index (χ3n) is 3.22. The molecule has 0 bridgehead atoms. The minimum atomic E-state index is -0.550. The van der Waals surface area contributed by atoms with Gasteiger partial charge in [-0.05, 0) is 25.0 Å². The summed E-state index contributed by atoms with van der Waals surface area (Å²) in [7, 11) is 1.69. The van der Waals surface area contributed by atoms with E-state index in [4.69, 9.17) is 4.74 Å². The molecule has 1 aliphatic heterocycles. The van der Waals surface area contributed by atoms with E-state index in [0.29, 0.717) is 18.9 Å². The Kier molecular flexibility index (Phi) is 4.52. The number of nitrogens with one attached hydrogen (secondary N) is 2. The van der Waals surface area contributed by atoms with Crippen molar-refractivity contribution in [3.63, 3.8) is 0 Å². The lowest BCUT2D eigenvalue weighted by Crippen LogP contribution is -2.40. The molecule has 1 atom stereocenters. The van der Waals surface area contributed by atoms with Crippen LogP contribution in [0, 0.1) is 10.1 Å².